The Balaban J connectivity index is 0.00000338. The first-order valence-electron chi connectivity index (χ1n) is 10.5. The molecule has 0 heterocycles. The van der Waals surface area contributed by atoms with Crippen LogP contribution in [0.4, 0.5) is 0 Å². The van der Waals surface area contributed by atoms with E-state index >= 15 is 0 Å². The van der Waals surface area contributed by atoms with E-state index < -0.39 is 0 Å². The van der Waals surface area contributed by atoms with Gasteiger partial charge in [-0.15, -0.1) is 0 Å². The summed E-state index contributed by atoms with van der Waals surface area (Å²) in [5, 5.41) is 2.72. The third-order valence-corrected chi connectivity index (χ3v) is 5.52. The molecule has 26 heavy (non-hydrogen) atoms. The van der Waals surface area contributed by atoms with Gasteiger partial charge in [0.1, 0.15) is 0 Å². The summed E-state index contributed by atoms with van der Waals surface area (Å²) in [6, 6.07) is 11.3. The summed E-state index contributed by atoms with van der Waals surface area (Å²) in [5.41, 5.74) is 11.1. The fraction of sp³-hybridized carbons (Fsp3) is 0.583. The smallest absolute Gasteiger partial charge is 0.0303 e. The van der Waals surface area contributed by atoms with Crippen molar-refractivity contribution in [2.24, 2.45) is 5.73 Å². The van der Waals surface area contributed by atoms with E-state index in [2.05, 4.69) is 51.1 Å². The number of rotatable bonds is 11. The maximum Gasteiger partial charge on any atom is 0.0303 e. The molecule has 0 radical (unpaired) electrons. The molecule has 0 aliphatic carbocycles. The second-order valence-corrected chi connectivity index (χ2v) is 7.37. The number of benzene rings is 2. The first-order valence-corrected chi connectivity index (χ1v) is 10.5. The van der Waals surface area contributed by atoms with Crippen LogP contribution in [0.5, 0.6) is 0 Å². The Morgan fingerprint density at radius 2 is 1.50 bits per heavy atom. The maximum absolute atomic E-state index is 6.72. The average Bonchev–Trinajstić information content (AvgIpc) is 2.65. The van der Waals surface area contributed by atoms with Crippen LogP contribution in [0.2, 0.25) is 0 Å². The highest BCUT2D eigenvalue weighted by Gasteiger charge is 2.16. The lowest BCUT2D eigenvalue weighted by Crippen LogP contribution is -2.14. The Bertz CT molecular complexity index is 650. The van der Waals surface area contributed by atoms with E-state index in [-0.39, 0.29) is 11.5 Å². The normalized spacial score (nSPS) is 12.2. The van der Waals surface area contributed by atoms with Gasteiger partial charge in [0.15, 0.2) is 0 Å². The Labute approximate surface area is 160 Å². The van der Waals surface area contributed by atoms with Crippen molar-refractivity contribution in [3.63, 3.8) is 0 Å². The van der Waals surface area contributed by atoms with Crippen molar-refractivity contribution in [3.8, 4) is 0 Å². The maximum atomic E-state index is 6.72. The van der Waals surface area contributed by atoms with Crippen molar-refractivity contribution >= 4 is 10.8 Å². The highest BCUT2D eigenvalue weighted by molar-refractivity contribution is 5.88. The molecule has 2 aromatic rings. The molecule has 2 aromatic carbocycles. The van der Waals surface area contributed by atoms with Crippen molar-refractivity contribution in [1.29, 1.82) is 0 Å². The van der Waals surface area contributed by atoms with Gasteiger partial charge in [0.05, 0.1) is 0 Å². The number of unbranched alkanes of at least 4 members (excludes halogenated alkanes) is 6. The number of nitrogens with two attached hydrogens (primary N) is 1. The lowest BCUT2D eigenvalue weighted by Gasteiger charge is -2.22. The summed E-state index contributed by atoms with van der Waals surface area (Å²) < 4.78 is 0. The Hall–Kier alpha value is -1.38. The zero-order chi connectivity index (χ0) is 18.1. The number of aryl methyl sites for hydroxylation is 1. The van der Waals surface area contributed by atoms with Gasteiger partial charge in [-0.05, 0) is 46.7 Å². The van der Waals surface area contributed by atoms with Gasteiger partial charge < -0.3 is 11.2 Å². The van der Waals surface area contributed by atoms with Gasteiger partial charge in [-0.1, -0.05) is 96.0 Å². The van der Waals surface area contributed by atoms with Crippen molar-refractivity contribution in [2.45, 2.75) is 91.0 Å². The zero-order valence-corrected chi connectivity index (χ0v) is 17.1. The van der Waals surface area contributed by atoms with Crippen LogP contribution >= 0.6 is 0 Å². The molecule has 2 nitrogen and oxygen atoms in total. The van der Waals surface area contributed by atoms with Gasteiger partial charge in [-0.25, -0.2) is 0 Å². The zero-order valence-electron chi connectivity index (χ0n) is 17.1. The summed E-state index contributed by atoms with van der Waals surface area (Å²) in [6.45, 7) is 6.81. The van der Waals surface area contributed by atoms with Crippen molar-refractivity contribution in [2.75, 3.05) is 0 Å². The first kappa shape index (κ1) is 22.7. The lowest BCUT2D eigenvalue weighted by molar-refractivity contribution is 0.540. The van der Waals surface area contributed by atoms with Gasteiger partial charge in [-0.2, -0.15) is 0 Å². The molecule has 0 aliphatic heterocycles. The van der Waals surface area contributed by atoms with Crippen LogP contribution in [0.25, 0.3) is 10.8 Å². The molecule has 0 fully saturated rings. The summed E-state index contributed by atoms with van der Waals surface area (Å²) in [6.07, 6.45) is 12.7. The average molecular weight is 358 g/mol. The molecule has 1 atom stereocenters. The van der Waals surface area contributed by atoms with Crippen LogP contribution in [0, 0.1) is 0 Å². The summed E-state index contributed by atoms with van der Waals surface area (Å²) in [5.74, 6) is 0. The van der Waals surface area contributed by atoms with Crippen molar-refractivity contribution in [3.05, 3.63) is 47.0 Å². The molecule has 2 heteroatoms. The molecule has 4 N–H and O–H groups in total. The second kappa shape index (κ2) is 12.1. The molecule has 1 unspecified atom stereocenters. The van der Waals surface area contributed by atoms with Crippen LogP contribution in [0.1, 0.15) is 94.9 Å². The van der Waals surface area contributed by atoms with Gasteiger partial charge in [0.2, 0.25) is 0 Å². The van der Waals surface area contributed by atoms with E-state index in [4.69, 9.17) is 5.73 Å². The van der Waals surface area contributed by atoms with Crippen molar-refractivity contribution < 1.29 is 5.48 Å². The molecule has 0 saturated heterocycles. The molecule has 0 saturated carbocycles. The van der Waals surface area contributed by atoms with Crippen LogP contribution < -0.4 is 5.73 Å². The largest absolute Gasteiger partial charge is 0.412 e. The Kier molecular flexibility index (Phi) is 10.5. The van der Waals surface area contributed by atoms with Gasteiger partial charge in [0.25, 0.3) is 0 Å². The summed E-state index contributed by atoms with van der Waals surface area (Å²) >= 11 is 0. The highest BCUT2D eigenvalue weighted by atomic mass is 16.0. The molecule has 0 aromatic heterocycles. The third-order valence-electron chi connectivity index (χ3n) is 5.52. The van der Waals surface area contributed by atoms with Gasteiger partial charge >= 0.3 is 0 Å². The minimum Gasteiger partial charge on any atom is -0.412 e. The van der Waals surface area contributed by atoms with Crippen LogP contribution in [-0.2, 0) is 12.8 Å². The van der Waals surface area contributed by atoms with Crippen LogP contribution in [0.3, 0.4) is 0 Å². The number of fused-ring (bicyclic) bond motifs is 1. The van der Waals surface area contributed by atoms with E-state index in [0.717, 1.165) is 19.3 Å². The molecule has 0 spiro atoms. The third kappa shape index (κ3) is 5.82. The Morgan fingerprint density at radius 3 is 2.15 bits per heavy atom. The minimum atomic E-state index is 0. The van der Waals surface area contributed by atoms with Crippen LogP contribution in [0.15, 0.2) is 30.3 Å². The number of hydrogen-bond donors (Lipinski definition) is 1. The molecular formula is C24H39NO. The van der Waals surface area contributed by atoms with E-state index in [1.807, 2.05) is 0 Å². The predicted molar refractivity (Wildman–Crippen MR) is 116 cm³/mol. The van der Waals surface area contributed by atoms with E-state index in [9.17, 15) is 0 Å². The fourth-order valence-electron chi connectivity index (χ4n) is 4.10. The lowest BCUT2D eigenvalue weighted by atomic mass is 9.86. The first-order chi connectivity index (χ1) is 12.2. The molecule has 146 valence electrons. The van der Waals surface area contributed by atoms with E-state index in [1.165, 1.54) is 72.4 Å². The molecule has 0 aliphatic rings. The monoisotopic (exact) mass is 357 g/mol. The van der Waals surface area contributed by atoms with E-state index in [1.54, 1.807) is 0 Å². The minimum absolute atomic E-state index is 0. The SMILES string of the molecule is CCCCCCCCCC(N)c1c(CC)c(CC)cc2ccccc12.O. The van der Waals surface area contributed by atoms with Crippen LogP contribution in [-0.4, -0.2) is 5.48 Å². The van der Waals surface area contributed by atoms with Gasteiger partial charge in [-0.3, -0.25) is 0 Å². The highest BCUT2D eigenvalue weighted by Crippen LogP contribution is 2.33. The number of hydrogen-bond acceptors (Lipinski definition) is 1. The molecule has 0 amide bonds. The Morgan fingerprint density at radius 1 is 0.846 bits per heavy atom. The quantitative estimate of drug-likeness (QED) is 0.473. The summed E-state index contributed by atoms with van der Waals surface area (Å²) in [7, 11) is 0. The molecule has 2 rings (SSSR count). The second-order valence-electron chi connectivity index (χ2n) is 7.37. The molecule has 0 bridgehead atoms. The predicted octanol–water partition coefficient (Wildman–Crippen LogP) is 6.28. The standard InChI is InChI=1S/C24H37N.H2O/c1-4-7-8-9-10-11-12-17-23(25)24-21(6-3)19(5-2)18-20-15-13-14-16-22(20)24;/h13-16,18,23H,4-12,17,25H2,1-3H3;1H2. The van der Waals surface area contributed by atoms with Crippen molar-refractivity contribution in [1.82, 2.24) is 0 Å². The topological polar surface area (TPSA) is 57.5 Å². The summed E-state index contributed by atoms with van der Waals surface area (Å²) in [4.78, 5) is 0. The van der Waals surface area contributed by atoms with E-state index in [0.29, 0.717) is 0 Å². The fourth-order valence-corrected chi connectivity index (χ4v) is 4.10. The molecular weight excluding hydrogens is 318 g/mol. The van der Waals surface area contributed by atoms with Gasteiger partial charge in [0, 0.05) is 6.04 Å².